The smallest absolute Gasteiger partial charge is 0.191 e. The van der Waals surface area contributed by atoms with E-state index >= 15 is 0 Å². The Morgan fingerprint density at radius 1 is 1.14 bits per heavy atom. The molecule has 0 atom stereocenters. The SMILES string of the molecule is CN=C(NCCSc1ccc(Cl)cc1)NCc1cccc(Cn2ccnc2)c1. The normalized spacial score (nSPS) is 11.4. The Labute approximate surface area is 175 Å². The summed E-state index contributed by atoms with van der Waals surface area (Å²) >= 11 is 7.70. The Morgan fingerprint density at radius 2 is 1.96 bits per heavy atom. The molecule has 0 amide bonds. The van der Waals surface area contributed by atoms with Crippen LogP contribution in [0.2, 0.25) is 5.02 Å². The highest BCUT2D eigenvalue weighted by atomic mass is 35.5. The van der Waals surface area contributed by atoms with E-state index in [4.69, 9.17) is 11.6 Å². The van der Waals surface area contributed by atoms with Crippen LogP contribution in [-0.2, 0) is 13.1 Å². The summed E-state index contributed by atoms with van der Waals surface area (Å²) in [5.74, 6) is 1.75. The van der Waals surface area contributed by atoms with E-state index in [9.17, 15) is 0 Å². The van der Waals surface area contributed by atoms with Crippen LogP contribution in [0.5, 0.6) is 0 Å². The monoisotopic (exact) mass is 413 g/mol. The number of halogens is 1. The van der Waals surface area contributed by atoms with Crippen molar-refractivity contribution >= 4 is 29.3 Å². The molecule has 146 valence electrons. The third-order valence-electron chi connectivity index (χ3n) is 4.08. The van der Waals surface area contributed by atoms with Crippen LogP contribution < -0.4 is 10.6 Å². The van der Waals surface area contributed by atoms with Crippen molar-refractivity contribution in [2.24, 2.45) is 4.99 Å². The molecule has 0 spiro atoms. The maximum Gasteiger partial charge on any atom is 0.191 e. The Hall–Kier alpha value is -2.44. The summed E-state index contributed by atoms with van der Waals surface area (Å²) in [5, 5.41) is 7.49. The number of hydrogen-bond acceptors (Lipinski definition) is 3. The lowest BCUT2D eigenvalue weighted by molar-refractivity contribution is 0.790. The fraction of sp³-hybridized carbons (Fsp3) is 0.238. The summed E-state index contributed by atoms with van der Waals surface area (Å²) in [6, 6.07) is 16.4. The van der Waals surface area contributed by atoms with Gasteiger partial charge in [-0.3, -0.25) is 4.99 Å². The second-order valence-corrected chi connectivity index (χ2v) is 7.81. The molecular formula is C21H24ClN5S. The molecule has 0 radical (unpaired) electrons. The van der Waals surface area contributed by atoms with Crippen LogP contribution in [0.4, 0.5) is 0 Å². The van der Waals surface area contributed by atoms with Crippen molar-refractivity contribution in [2.45, 2.75) is 18.0 Å². The van der Waals surface area contributed by atoms with Gasteiger partial charge < -0.3 is 15.2 Å². The largest absolute Gasteiger partial charge is 0.356 e. The standard InChI is InChI=1S/C21H24ClN5S/c1-23-21(25-10-12-28-20-7-5-19(22)6-8-20)26-14-17-3-2-4-18(13-17)15-27-11-9-24-16-27/h2-9,11,13,16H,10,12,14-15H2,1H3,(H2,23,25,26). The summed E-state index contributed by atoms with van der Waals surface area (Å²) in [6.07, 6.45) is 5.60. The van der Waals surface area contributed by atoms with Gasteiger partial charge in [0.1, 0.15) is 0 Å². The van der Waals surface area contributed by atoms with Gasteiger partial charge in [-0.15, -0.1) is 11.8 Å². The predicted molar refractivity (Wildman–Crippen MR) is 118 cm³/mol. The van der Waals surface area contributed by atoms with E-state index < -0.39 is 0 Å². The fourth-order valence-corrected chi connectivity index (χ4v) is 3.60. The highest BCUT2D eigenvalue weighted by molar-refractivity contribution is 7.99. The number of hydrogen-bond donors (Lipinski definition) is 2. The minimum Gasteiger partial charge on any atom is -0.356 e. The zero-order valence-electron chi connectivity index (χ0n) is 15.8. The zero-order chi connectivity index (χ0) is 19.6. The van der Waals surface area contributed by atoms with E-state index in [1.54, 1.807) is 25.0 Å². The Kier molecular flexibility index (Phi) is 7.82. The topological polar surface area (TPSA) is 54.2 Å². The van der Waals surface area contributed by atoms with Crippen molar-refractivity contribution in [3.05, 3.63) is 83.4 Å². The number of rotatable bonds is 8. The number of thioether (sulfide) groups is 1. The molecule has 3 aromatic rings. The van der Waals surface area contributed by atoms with Gasteiger partial charge in [0.15, 0.2) is 5.96 Å². The number of nitrogens with zero attached hydrogens (tertiary/aromatic N) is 3. The van der Waals surface area contributed by atoms with Crippen molar-refractivity contribution in [2.75, 3.05) is 19.3 Å². The molecule has 0 bridgehead atoms. The van der Waals surface area contributed by atoms with Gasteiger partial charge in [-0.1, -0.05) is 35.9 Å². The average Bonchev–Trinajstić information content (AvgIpc) is 3.22. The maximum absolute atomic E-state index is 5.91. The first kappa shape index (κ1) is 20.3. The van der Waals surface area contributed by atoms with Crippen molar-refractivity contribution in [3.8, 4) is 0 Å². The zero-order valence-corrected chi connectivity index (χ0v) is 17.4. The molecule has 2 aromatic carbocycles. The highest BCUT2D eigenvalue weighted by Crippen LogP contribution is 2.19. The first-order valence-corrected chi connectivity index (χ1v) is 10.5. The molecule has 1 heterocycles. The number of guanidine groups is 1. The first-order chi connectivity index (χ1) is 13.7. The van der Waals surface area contributed by atoms with Crippen LogP contribution in [0.15, 0.2) is 77.1 Å². The minimum absolute atomic E-state index is 0.724. The lowest BCUT2D eigenvalue weighted by atomic mass is 10.1. The summed E-state index contributed by atoms with van der Waals surface area (Å²) in [5.41, 5.74) is 2.47. The van der Waals surface area contributed by atoms with Crippen molar-refractivity contribution in [1.82, 2.24) is 20.2 Å². The molecule has 7 heteroatoms. The maximum atomic E-state index is 5.91. The summed E-state index contributed by atoms with van der Waals surface area (Å²) in [4.78, 5) is 9.60. The van der Waals surface area contributed by atoms with Crippen LogP contribution in [0, 0.1) is 0 Å². The first-order valence-electron chi connectivity index (χ1n) is 9.09. The van der Waals surface area contributed by atoms with Gasteiger partial charge >= 0.3 is 0 Å². The molecule has 2 N–H and O–H groups in total. The van der Waals surface area contributed by atoms with E-state index in [0.717, 1.165) is 36.4 Å². The van der Waals surface area contributed by atoms with Gasteiger partial charge in [-0.25, -0.2) is 4.98 Å². The van der Waals surface area contributed by atoms with Gasteiger partial charge in [0.05, 0.1) is 6.33 Å². The highest BCUT2D eigenvalue weighted by Gasteiger charge is 2.01. The quantitative estimate of drug-likeness (QED) is 0.253. The van der Waals surface area contributed by atoms with E-state index in [1.165, 1.54) is 16.0 Å². The molecule has 0 aliphatic heterocycles. The molecule has 0 unspecified atom stereocenters. The lowest BCUT2D eigenvalue weighted by Crippen LogP contribution is -2.37. The minimum atomic E-state index is 0.724. The summed E-state index contributed by atoms with van der Waals surface area (Å²) in [6.45, 7) is 2.37. The van der Waals surface area contributed by atoms with Gasteiger partial charge in [-0.2, -0.15) is 0 Å². The Morgan fingerprint density at radius 3 is 2.71 bits per heavy atom. The van der Waals surface area contributed by atoms with Crippen LogP contribution in [-0.4, -0.2) is 34.9 Å². The molecule has 1 aromatic heterocycles. The van der Waals surface area contributed by atoms with E-state index in [-0.39, 0.29) is 0 Å². The fourth-order valence-electron chi connectivity index (χ4n) is 2.70. The molecule has 0 saturated carbocycles. The van der Waals surface area contributed by atoms with Crippen LogP contribution in [0.25, 0.3) is 0 Å². The second kappa shape index (κ2) is 10.8. The molecular weight excluding hydrogens is 390 g/mol. The summed E-state index contributed by atoms with van der Waals surface area (Å²) in [7, 11) is 1.79. The van der Waals surface area contributed by atoms with E-state index in [1.807, 2.05) is 36.8 Å². The average molecular weight is 414 g/mol. The second-order valence-electron chi connectivity index (χ2n) is 6.21. The number of imidazole rings is 1. The van der Waals surface area contributed by atoms with E-state index in [0.29, 0.717) is 0 Å². The molecule has 0 saturated heterocycles. The third-order valence-corrected chi connectivity index (χ3v) is 5.34. The van der Waals surface area contributed by atoms with Gasteiger partial charge in [-0.05, 0) is 35.4 Å². The van der Waals surface area contributed by atoms with Crippen LogP contribution in [0.1, 0.15) is 11.1 Å². The number of benzene rings is 2. The number of aromatic nitrogens is 2. The van der Waals surface area contributed by atoms with Gasteiger partial charge in [0.2, 0.25) is 0 Å². The predicted octanol–water partition coefficient (Wildman–Crippen LogP) is 4.04. The third kappa shape index (κ3) is 6.62. The Balaban J connectivity index is 1.41. The lowest BCUT2D eigenvalue weighted by Gasteiger charge is -2.12. The molecule has 28 heavy (non-hydrogen) atoms. The van der Waals surface area contributed by atoms with Crippen LogP contribution >= 0.6 is 23.4 Å². The molecule has 0 fully saturated rings. The van der Waals surface area contributed by atoms with Crippen molar-refractivity contribution in [3.63, 3.8) is 0 Å². The van der Waals surface area contributed by atoms with Crippen LogP contribution in [0.3, 0.4) is 0 Å². The van der Waals surface area contributed by atoms with Crippen molar-refractivity contribution in [1.29, 1.82) is 0 Å². The Bertz CT molecular complexity index is 878. The molecule has 3 rings (SSSR count). The van der Waals surface area contributed by atoms with E-state index in [2.05, 4.69) is 49.4 Å². The molecule has 5 nitrogen and oxygen atoms in total. The summed E-state index contributed by atoms with van der Waals surface area (Å²) < 4.78 is 2.06. The number of aliphatic imine (C=N–C) groups is 1. The van der Waals surface area contributed by atoms with Crippen molar-refractivity contribution < 1.29 is 0 Å². The molecule has 0 aliphatic carbocycles. The van der Waals surface area contributed by atoms with Gasteiger partial charge in [0, 0.05) is 54.7 Å². The van der Waals surface area contributed by atoms with Gasteiger partial charge in [0.25, 0.3) is 0 Å². The molecule has 0 aliphatic rings. The number of nitrogens with one attached hydrogen (secondary N) is 2.